The van der Waals surface area contributed by atoms with Crippen LogP contribution >= 0.6 is 0 Å². The Morgan fingerprint density at radius 3 is 2.07 bits per heavy atom. The molecule has 6 rings (SSSR count). The van der Waals surface area contributed by atoms with Gasteiger partial charge in [-0.1, -0.05) is 76.2 Å². The summed E-state index contributed by atoms with van der Waals surface area (Å²) >= 11 is 0. The molecule has 11 atom stereocenters. The van der Waals surface area contributed by atoms with Crippen LogP contribution in [0.25, 0.3) is 0 Å². The van der Waals surface area contributed by atoms with Crippen molar-refractivity contribution in [2.24, 2.45) is 22.7 Å². The van der Waals surface area contributed by atoms with Crippen LogP contribution in [0.3, 0.4) is 0 Å². The molecule has 67 heavy (non-hydrogen) atoms. The molecular formula is C50H63NO16. The summed E-state index contributed by atoms with van der Waals surface area (Å²) in [6.07, 6.45) is -12.7. The SMILES string of the molecule is CC(=O)O[C@@]12CO[C@@H]1C[C@H](O)[C@@]1(C)C(=O)[C@H](OC(=O)CCC(=O)C(C)C)C3=C(C)[C@@H](OC(=O)[C@H](O)[C@@H](NC(=O)OC(C)(C)C)c4ccccc4)C[C@@](O)([C@@H](OC(=O)c4ccccc4)[C@H]21)C3(C)C. The molecule has 1 amide bonds. The molecule has 2 bridgehead atoms. The van der Waals surface area contributed by atoms with Crippen LogP contribution in [-0.4, -0.2) is 117 Å². The maximum Gasteiger partial charge on any atom is 0.408 e. The minimum absolute atomic E-state index is 0.0411. The molecule has 364 valence electrons. The van der Waals surface area contributed by atoms with E-state index in [1.165, 1.54) is 39.8 Å². The van der Waals surface area contributed by atoms with Gasteiger partial charge in [-0.15, -0.1) is 0 Å². The van der Waals surface area contributed by atoms with Crippen molar-refractivity contribution in [1.29, 1.82) is 0 Å². The highest BCUT2D eigenvalue weighted by Crippen LogP contribution is 2.64. The quantitative estimate of drug-likeness (QED) is 0.120. The molecule has 1 saturated heterocycles. The molecule has 2 aromatic rings. The Kier molecular flexibility index (Phi) is 14.4. The number of ether oxygens (including phenoxy) is 6. The van der Waals surface area contributed by atoms with E-state index in [0.29, 0.717) is 5.56 Å². The van der Waals surface area contributed by atoms with Crippen LogP contribution in [0.2, 0.25) is 0 Å². The lowest BCUT2D eigenvalue weighted by Crippen LogP contribution is -2.82. The summed E-state index contributed by atoms with van der Waals surface area (Å²) in [5.41, 5.74) is -8.77. The molecule has 3 aliphatic carbocycles. The predicted octanol–water partition coefficient (Wildman–Crippen LogP) is 4.82. The van der Waals surface area contributed by atoms with Crippen LogP contribution in [0.4, 0.5) is 4.79 Å². The Morgan fingerprint density at radius 2 is 1.52 bits per heavy atom. The van der Waals surface area contributed by atoms with Gasteiger partial charge in [-0.2, -0.15) is 0 Å². The standard InChI is InChI=1S/C50H63NO16/c1-26(2)31(53)21-22-35(55)64-39-36-27(3)32(63-44(59)38(56)37(29-17-13-11-14-18-29)51-45(60)67-46(5,6)7)24-50(61,47(36,8)9)42(65-43(58)30-19-15-12-16-20-30)40-48(10,41(39)57)33(54)23-34-49(40,25-62-34)66-28(4)52/h11-20,26,32-34,37-40,42,54,56,61H,21-25H2,1-10H3,(H,51,60)/t32-,33-,34+,37-,38+,39+,40-,42-,48+,49-,50+/m0/s1. The highest BCUT2D eigenvalue weighted by Gasteiger charge is 2.78. The predicted molar refractivity (Wildman–Crippen MR) is 237 cm³/mol. The van der Waals surface area contributed by atoms with Gasteiger partial charge in [0.05, 0.1) is 42.1 Å². The summed E-state index contributed by atoms with van der Waals surface area (Å²) < 4.78 is 36.1. The van der Waals surface area contributed by atoms with Crippen molar-refractivity contribution >= 4 is 41.5 Å². The zero-order valence-corrected chi connectivity index (χ0v) is 39.7. The number of aliphatic hydroxyl groups is 3. The number of amides is 1. The molecule has 0 radical (unpaired) electrons. The van der Waals surface area contributed by atoms with Gasteiger partial charge in [0.1, 0.15) is 35.3 Å². The number of hydrogen-bond donors (Lipinski definition) is 4. The number of carbonyl (C=O) groups excluding carboxylic acids is 7. The lowest BCUT2D eigenvalue weighted by molar-refractivity contribution is -0.346. The number of hydrogen-bond acceptors (Lipinski definition) is 16. The third-order valence-corrected chi connectivity index (χ3v) is 14.0. The van der Waals surface area contributed by atoms with Crippen LogP contribution in [-0.2, 0) is 52.4 Å². The molecule has 0 spiro atoms. The van der Waals surface area contributed by atoms with Crippen LogP contribution in [0, 0.1) is 22.7 Å². The monoisotopic (exact) mass is 933 g/mol. The number of fused-ring (bicyclic) bond motifs is 5. The van der Waals surface area contributed by atoms with E-state index in [9.17, 15) is 44.1 Å². The first-order valence-electron chi connectivity index (χ1n) is 22.6. The van der Waals surface area contributed by atoms with Gasteiger partial charge in [-0.3, -0.25) is 19.2 Å². The Bertz CT molecular complexity index is 2290. The second kappa shape index (κ2) is 18.9. The van der Waals surface area contributed by atoms with Crippen LogP contribution in [0.1, 0.15) is 117 Å². The van der Waals surface area contributed by atoms with Crippen molar-refractivity contribution in [2.45, 2.75) is 154 Å². The van der Waals surface area contributed by atoms with E-state index in [2.05, 4.69) is 5.32 Å². The molecule has 1 heterocycles. The molecule has 17 heteroatoms. The maximum absolute atomic E-state index is 15.8. The highest BCUT2D eigenvalue weighted by atomic mass is 16.6. The van der Waals surface area contributed by atoms with E-state index in [0.717, 1.165) is 6.92 Å². The molecule has 2 saturated carbocycles. The molecule has 2 aromatic carbocycles. The van der Waals surface area contributed by atoms with Crippen LogP contribution in [0.5, 0.6) is 0 Å². The first kappa shape index (κ1) is 50.9. The summed E-state index contributed by atoms with van der Waals surface area (Å²) in [6, 6.07) is 14.4. The van der Waals surface area contributed by atoms with Crippen molar-refractivity contribution in [3.63, 3.8) is 0 Å². The minimum Gasteiger partial charge on any atom is -0.456 e. The van der Waals surface area contributed by atoms with Crippen molar-refractivity contribution in [3.05, 3.63) is 82.9 Å². The largest absolute Gasteiger partial charge is 0.456 e. The number of aliphatic hydroxyl groups excluding tert-OH is 2. The number of esters is 4. The number of ketones is 2. The molecule has 0 aromatic heterocycles. The minimum atomic E-state index is -2.47. The van der Waals surface area contributed by atoms with E-state index in [1.54, 1.807) is 83.1 Å². The summed E-state index contributed by atoms with van der Waals surface area (Å²) in [7, 11) is 0. The van der Waals surface area contributed by atoms with Gasteiger partial charge in [-0.05, 0) is 63.5 Å². The van der Waals surface area contributed by atoms with Gasteiger partial charge < -0.3 is 49.1 Å². The number of alkyl carbamates (subject to hydrolysis) is 1. The van der Waals surface area contributed by atoms with E-state index in [-0.39, 0.29) is 41.9 Å². The van der Waals surface area contributed by atoms with E-state index in [4.69, 9.17) is 28.4 Å². The second-order valence-corrected chi connectivity index (χ2v) is 20.2. The summed E-state index contributed by atoms with van der Waals surface area (Å²) in [5.74, 6) is -7.25. The number of benzene rings is 2. The third kappa shape index (κ3) is 9.52. The topological polar surface area (TPSA) is 248 Å². The summed E-state index contributed by atoms with van der Waals surface area (Å²) in [5, 5.41) is 40.4. The summed E-state index contributed by atoms with van der Waals surface area (Å²) in [4.78, 5) is 97.5. The fourth-order valence-corrected chi connectivity index (χ4v) is 10.3. The molecular weight excluding hydrogens is 871 g/mol. The van der Waals surface area contributed by atoms with Gasteiger partial charge in [0.2, 0.25) is 0 Å². The zero-order valence-electron chi connectivity index (χ0n) is 39.7. The van der Waals surface area contributed by atoms with Crippen LogP contribution < -0.4 is 5.32 Å². The Balaban J connectivity index is 1.55. The van der Waals surface area contributed by atoms with Crippen molar-refractivity contribution in [3.8, 4) is 0 Å². The van der Waals surface area contributed by atoms with E-state index in [1.807, 2.05) is 0 Å². The number of Topliss-reactive ketones (excluding diaryl/α,β-unsaturated/α-hetero) is 2. The van der Waals surface area contributed by atoms with Gasteiger partial charge in [0.25, 0.3) is 0 Å². The molecule has 1 aliphatic heterocycles. The normalized spacial score (nSPS) is 30.7. The maximum atomic E-state index is 15.8. The van der Waals surface area contributed by atoms with E-state index < -0.39 is 131 Å². The van der Waals surface area contributed by atoms with Crippen LogP contribution in [0.15, 0.2) is 71.8 Å². The van der Waals surface area contributed by atoms with Crippen molar-refractivity contribution in [1.82, 2.24) is 5.32 Å². The Labute approximate surface area is 389 Å². The third-order valence-electron chi connectivity index (χ3n) is 14.0. The molecule has 4 aliphatic rings. The highest BCUT2D eigenvalue weighted by molar-refractivity contribution is 5.96. The fourth-order valence-electron chi connectivity index (χ4n) is 10.3. The smallest absolute Gasteiger partial charge is 0.408 e. The average molecular weight is 934 g/mol. The first-order chi connectivity index (χ1) is 31.2. The number of carbonyl (C=O) groups is 7. The van der Waals surface area contributed by atoms with Gasteiger partial charge >= 0.3 is 30.0 Å². The number of nitrogens with one attached hydrogen (secondary N) is 1. The molecule has 17 nitrogen and oxygen atoms in total. The van der Waals surface area contributed by atoms with E-state index >= 15 is 4.79 Å². The lowest BCUT2D eigenvalue weighted by Gasteiger charge is -2.67. The lowest BCUT2D eigenvalue weighted by atomic mass is 9.44. The van der Waals surface area contributed by atoms with Crippen molar-refractivity contribution in [2.75, 3.05) is 6.61 Å². The second-order valence-electron chi connectivity index (χ2n) is 20.2. The molecule has 0 unspecified atom stereocenters. The molecule has 3 fully saturated rings. The average Bonchev–Trinajstić information content (AvgIpc) is 3.25. The number of rotatable bonds is 13. The Morgan fingerprint density at radius 1 is 0.910 bits per heavy atom. The van der Waals surface area contributed by atoms with Gasteiger partial charge in [0.15, 0.2) is 23.6 Å². The van der Waals surface area contributed by atoms with Gasteiger partial charge in [-0.25, -0.2) is 14.4 Å². The van der Waals surface area contributed by atoms with Crippen molar-refractivity contribution < 1.29 is 77.3 Å². The zero-order chi connectivity index (χ0) is 49.6. The van der Waals surface area contributed by atoms with Gasteiger partial charge in [0, 0.05) is 37.5 Å². The Hall–Kier alpha value is -5.49. The summed E-state index contributed by atoms with van der Waals surface area (Å²) in [6.45, 7) is 15.0. The first-order valence-corrected chi connectivity index (χ1v) is 22.6. The molecule has 4 N–H and O–H groups in total. The fraction of sp³-hybridized carbons (Fsp3) is 0.580.